The van der Waals surface area contributed by atoms with Gasteiger partial charge in [0.2, 0.25) is 0 Å². The molecule has 21 heavy (non-hydrogen) atoms. The number of hydrogen-bond acceptors (Lipinski definition) is 1. The smallest absolute Gasteiger partial charge is 0.0323 e. The maximum absolute atomic E-state index is 3.49. The zero-order valence-electron chi connectivity index (χ0n) is 14.0. The Kier molecular flexibility index (Phi) is 5.19. The van der Waals surface area contributed by atoms with Gasteiger partial charge in [-0.1, -0.05) is 42.0 Å². The summed E-state index contributed by atoms with van der Waals surface area (Å²) in [6, 6.07) is 13.9. The quantitative estimate of drug-likeness (QED) is 0.829. The zero-order valence-corrected chi connectivity index (χ0v) is 14.0. The van der Waals surface area contributed by atoms with E-state index in [0.29, 0.717) is 6.04 Å². The van der Waals surface area contributed by atoms with Crippen molar-refractivity contribution in [1.29, 1.82) is 0 Å². The van der Waals surface area contributed by atoms with Crippen LogP contribution < -0.4 is 5.32 Å². The van der Waals surface area contributed by atoms with Gasteiger partial charge in [0.1, 0.15) is 0 Å². The van der Waals surface area contributed by atoms with Gasteiger partial charge in [-0.2, -0.15) is 0 Å². The fraction of sp³-hybridized carbons (Fsp3) is 0.400. The van der Waals surface area contributed by atoms with Crippen LogP contribution >= 0.6 is 0 Å². The molecule has 1 atom stereocenters. The fourth-order valence-corrected chi connectivity index (χ4v) is 2.99. The lowest BCUT2D eigenvalue weighted by Crippen LogP contribution is -2.18. The molecule has 0 heterocycles. The third-order valence-corrected chi connectivity index (χ3v) is 4.41. The third-order valence-electron chi connectivity index (χ3n) is 4.41. The van der Waals surface area contributed by atoms with Crippen LogP contribution in [0.4, 0.5) is 0 Å². The predicted octanol–water partition coefficient (Wildman–Crippen LogP) is 4.81. The first-order chi connectivity index (χ1) is 10.0. The molecular formula is C20H27N. The van der Waals surface area contributed by atoms with Crippen LogP contribution in [0, 0.1) is 27.7 Å². The molecule has 0 aliphatic carbocycles. The Bertz CT molecular complexity index is 613. The van der Waals surface area contributed by atoms with Gasteiger partial charge in [-0.25, -0.2) is 0 Å². The second kappa shape index (κ2) is 6.91. The van der Waals surface area contributed by atoms with E-state index in [1.165, 1.54) is 33.4 Å². The van der Waals surface area contributed by atoms with Crippen LogP contribution in [0.1, 0.15) is 45.8 Å². The fourth-order valence-electron chi connectivity index (χ4n) is 2.99. The summed E-state index contributed by atoms with van der Waals surface area (Å²) >= 11 is 0. The first-order valence-electron chi connectivity index (χ1n) is 7.82. The minimum atomic E-state index is 0.421. The molecule has 2 aromatic rings. The van der Waals surface area contributed by atoms with Gasteiger partial charge in [0.05, 0.1) is 0 Å². The molecule has 1 N–H and O–H groups in total. The molecule has 0 saturated carbocycles. The topological polar surface area (TPSA) is 12.0 Å². The van der Waals surface area contributed by atoms with E-state index < -0.39 is 0 Å². The van der Waals surface area contributed by atoms with E-state index in [1.54, 1.807) is 0 Å². The minimum absolute atomic E-state index is 0.421. The van der Waals surface area contributed by atoms with E-state index in [4.69, 9.17) is 0 Å². The lowest BCUT2D eigenvalue weighted by molar-refractivity contribution is 0.546. The predicted molar refractivity (Wildman–Crippen MR) is 92.0 cm³/mol. The highest BCUT2D eigenvalue weighted by molar-refractivity contribution is 5.38. The lowest BCUT2D eigenvalue weighted by Gasteiger charge is -2.20. The third kappa shape index (κ3) is 3.95. The molecule has 0 fully saturated rings. The molecule has 0 bridgehead atoms. The number of rotatable bonds is 5. The van der Waals surface area contributed by atoms with Crippen molar-refractivity contribution in [2.45, 2.75) is 46.6 Å². The standard InChI is InChI=1S/C20H27N/c1-14-7-6-8-18(11-14)9-10-20(21-5)19-13-16(3)15(2)12-17(19)4/h6-8,11-13,20-21H,9-10H2,1-5H3. The summed E-state index contributed by atoms with van der Waals surface area (Å²) in [7, 11) is 2.07. The summed E-state index contributed by atoms with van der Waals surface area (Å²) in [5, 5.41) is 3.49. The second-order valence-electron chi connectivity index (χ2n) is 6.16. The van der Waals surface area contributed by atoms with Crippen molar-refractivity contribution >= 4 is 0 Å². The van der Waals surface area contributed by atoms with E-state index in [1.807, 2.05) is 0 Å². The molecule has 0 aliphatic rings. The van der Waals surface area contributed by atoms with Crippen LogP contribution in [0.3, 0.4) is 0 Å². The van der Waals surface area contributed by atoms with Gasteiger partial charge >= 0.3 is 0 Å². The van der Waals surface area contributed by atoms with Crippen LogP contribution in [0.15, 0.2) is 36.4 Å². The average Bonchev–Trinajstić information content (AvgIpc) is 2.45. The van der Waals surface area contributed by atoms with Crippen LogP contribution in [0.25, 0.3) is 0 Å². The number of nitrogens with one attached hydrogen (secondary N) is 1. The highest BCUT2D eigenvalue weighted by Crippen LogP contribution is 2.25. The van der Waals surface area contributed by atoms with Crippen molar-refractivity contribution in [3.8, 4) is 0 Å². The number of aryl methyl sites for hydroxylation is 5. The summed E-state index contributed by atoms with van der Waals surface area (Å²) in [5.74, 6) is 0. The first-order valence-corrected chi connectivity index (χ1v) is 7.82. The molecule has 2 aromatic carbocycles. The molecule has 0 spiro atoms. The molecule has 2 rings (SSSR count). The molecule has 0 aromatic heterocycles. The zero-order chi connectivity index (χ0) is 15.4. The molecule has 0 saturated heterocycles. The van der Waals surface area contributed by atoms with Gasteiger partial charge in [-0.3, -0.25) is 0 Å². The highest BCUT2D eigenvalue weighted by atomic mass is 14.9. The molecule has 0 amide bonds. The van der Waals surface area contributed by atoms with Crippen molar-refractivity contribution in [2.24, 2.45) is 0 Å². The Balaban J connectivity index is 2.15. The first kappa shape index (κ1) is 15.8. The molecule has 112 valence electrons. The van der Waals surface area contributed by atoms with Crippen molar-refractivity contribution in [1.82, 2.24) is 5.32 Å². The van der Waals surface area contributed by atoms with Gasteiger partial charge < -0.3 is 5.32 Å². The van der Waals surface area contributed by atoms with Crippen molar-refractivity contribution in [3.63, 3.8) is 0 Å². The van der Waals surface area contributed by atoms with Crippen molar-refractivity contribution in [2.75, 3.05) is 7.05 Å². The minimum Gasteiger partial charge on any atom is -0.313 e. The van der Waals surface area contributed by atoms with Crippen LogP contribution in [-0.2, 0) is 6.42 Å². The van der Waals surface area contributed by atoms with Gasteiger partial charge in [-0.05, 0) is 75.4 Å². The monoisotopic (exact) mass is 281 g/mol. The average molecular weight is 281 g/mol. The van der Waals surface area contributed by atoms with Crippen LogP contribution in [0.5, 0.6) is 0 Å². The summed E-state index contributed by atoms with van der Waals surface area (Å²) < 4.78 is 0. The Morgan fingerprint density at radius 3 is 2.29 bits per heavy atom. The number of benzene rings is 2. The lowest BCUT2D eigenvalue weighted by atomic mass is 9.92. The van der Waals surface area contributed by atoms with Gasteiger partial charge in [0.15, 0.2) is 0 Å². The largest absolute Gasteiger partial charge is 0.313 e. The molecular weight excluding hydrogens is 254 g/mol. The molecule has 0 radical (unpaired) electrons. The van der Waals surface area contributed by atoms with E-state index in [-0.39, 0.29) is 0 Å². The summed E-state index contributed by atoms with van der Waals surface area (Å²) in [6.07, 6.45) is 2.24. The van der Waals surface area contributed by atoms with E-state index in [0.717, 1.165) is 12.8 Å². The second-order valence-corrected chi connectivity index (χ2v) is 6.16. The Morgan fingerprint density at radius 1 is 0.905 bits per heavy atom. The maximum atomic E-state index is 3.49. The van der Waals surface area contributed by atoms with Gasteiger partial charge in [0.25, 0.3) is 0 Å². The Morgan fingerprint density at radius 2 is 1.62 bits per heavy atom. The van der Waals surface area contributed by atoms with Gasteiger partial charge in [-0.15, -0.1) is 0 Å². The van der Waals surface area contributed by atoms with E-state index in [2.05, 4.69) is 76.5 Å². The Hall–Kier alpha value is -1.60. The summed E-state index contributed by atoms with van der Waals surface area (Å²) in [5.41, 5.74) is 8.36. The number of hydrogen-bond donors (Lipinski definition) is 1. The van der Waals surface area contributed by atoms with E-state index >= 15 is 0 Å². The van der Waals surface area contributed by atoms with Crippen molar-refractivity contribution in [3.05, 3.63) is 69.8 Å². The molecule has 1 unspecified atom stereocenters. The SMILES string of the molecule is CNC(CCc1cccc(C)c1)c1cc(C)c(C)cc1C. The normalized spacial score (nSPS) is 12.4. The van der Waals surface area contributed by atoms with E-state index in [9.17, 15) is 0 Å². The molecule has 1 nitrogen and oxygen atoms in total. The van der Waals surface area contributed by atoms with Gasteiger partial charge in [0, 0.05) is 6.04 Å². The van der Waals surface area contributed by atoms with Crippen molar-refractivity contribution < 1.29 is 0 Å². The molecule has 1 heteroatoms. The highest BCUT2D eigenvalue weighted by Gasteiger charge is 2.13. The van der Waals surface area contributed by atoms with Crippen LogP contribution in [0.2, 0.25) is 0 Å². The maximum Gasteiger partial charge on any atom is 0.0323 e. The van der Waals surface area contributed by atoms with Crippen LogP contribution in [-0.4, -0.2) is 7.05 Å². The molecule has 0 aliphatic heterocycles. The Labute approximate surface area is 129 Å². The summed E-state index contributed by atoms with van der Waals surface area (Å²) in [6.45, 7) is 8.77. The summed E-state index contributed by atoms with van der Waals surface area (Å²) in [4.78, 5) is 0.